The maximum absolute atomic E-state index is 5.89. The maximum atomic E-state index is 5.89. The summed E-state index contributed by atoms with van der Waals surface area (Å²) in [6, 6.07) is 5.96. The molecule has 1 heterocycles. The predicted octanol–water partition coefficient (Wildman–Crippen LogP) is 3.04. The number of anilines is 1. The van der Waals surface area contributed by atoms with Crippen LogP contribution in [0.25, 0.3) is 0 Å². The van der Waals surface area contributed by atoms with Crippen molar-refractivity contribution in [3.8, 4) is 5.75 Å². The van der Waals surface area contributed by atoms with Crippen molar-refractivity contribution in [3.63, 3.8) is 0 Å². The lowest BCUT2D eigenvalue weighted by Crippen LogP contribution is -2.24. The molecule has 2 N–H and O–H groups in total. The molecule has 2 rings (SSSR count). The van der Waals surface area contributed by atoms with Gasteiger partial charge in [0.2, 0.25) is 0 Å². The Kier molecular flexibility index (Phi) is 4.88. The van der Waals surface area contributed by atoms with Crippen LogP contribution < -0.4 is 10.5 Å². The van der Waals surface area contributed by atoms with E-state index in [2.05, 4.69) is 11.0 Å². The molecule has 0 aliphatic carbocycles. The zero-order chi connectivity index (χ0) is 12.8. The van der Waals surface area contributed by atoms with Crippen LogP contribution in [0.3, 0.4) is 0 Å². The normalized spacial score (nSPS) is 17.4. The van der Waals surface area contributed by atoms with Gasteiger partial charge < -0.3 is 10.5 Å². The molecule has 0 atom stereocenters. The Bertz CT molecular complexity index is 371. The van der Waals surface area contributed by atoms with Crippen LogP contribution in [0.4, 0.5) is 5.69 Å². The number of ether oxygens (including phenoxy) is 1. The summed E-state index contributed by atoms with van der Waals surface area (Å²) >= 11 is 0. The van der Waals surface area contributed by atoms with Crippen LogP contribution in [-0.4, -0.2) is 24.6 Å². The Labute approximate surface area is 110 Å². The first-order chi connectivity index (χ1) is 8.79. The van der Waals surface area contributed by atoms with Crippen molar-refractivity contribution in [2.45, 2.75) is 39.2 Å². The Hall–Kier alpha value is -1.22. The SMILES string of the molecule is CCOc1ccc(N)cc1CN1CCCCCC1. The number of benzene rings is 1. The highest BCUT2D eigenvalue weighted by Gasteiger charge is 2.12. The van der Waals surface area contributed by atoms with Gasteiger partial charge in [-0.3, -0.25) is 4.90 Å². The largest absolute Gasteiger partial charge is 0.494 e. The van der Waals surface area contributed by atoms with Gasteiger partial charge in [-0.1, -0.05) is 12.8 Å². The highest BCUT2D eigenvalue weighted by molar-refractivity contribution is 5.47. The summed E-state index contributed by atoms with van der Waals surface area (Å²) in [6.45, 7) is 6.07. The Morgan fingerprint density at radius 1 is 1.17 bits per heavy atom. The van der Waals surface area contributed by atoms with E-state index in [1.807, 2.05) is 19.1 Å². The van der Waals surface area contributed by atoms with Crippen molar-refractivity contribution in [1.29, 1.82) is 0 Å². The molecule has 3 heteroatoms. The summed E-state index contributed by atoms with van der Waals surface area (Å²) in [5.74, 6) is 0.982. The van der Waals surface area contributed by atoms with Crippen LogP contribution in [-0.2, 0) is 6.54 Å². The second kappa shape index (κ2) is 6.64. The molecule has 1 aromatic carbocycles. The molecule has 0 bridgehead atoms. The fourth-order valence-electron chi connectivity index (χ4n) is 2.55. The van der Waals surface area contributed by atoms with Crippen molar-refractivity contribution in [2.75, 3.05) is 25.4 Å². The molecule has 1 aliphatic heterocycles. The lowest BCUT2D eigenvalue weighted by molar-refractivity contribution is 0.267. The monoisotopic (exact) mass is 248 g/mol. The minimum atomic E-state index is 0.705. The van der Waals surface area contributed by atoms with Crippen molar-refractivity contribution in [3.05, 3.63) is 23.8 Å². The van der Waals surface area contributed by atoms with Gasteiger partial charge in [-0.05, 0) is 51.1 Å². The van der Waals surface area contributed by atoms with E-state index in [9.17, 15) is 0 Å². The van der Waals surface area contributed by atoms with E-state index in [1.54, 1.807) is 0 Å². The molecule has 0 amide bonds. The first kappa shape index (κ1) is 13.2. The number of hydrogen-bond acceptors (Lipinski definition) is 3. The number of nitrogen functional groups attached to an aromatic ring is 1. The molecule has 100 valence electrons. The van der Waals surface area contributed by atoms with E-state index in [4.69, 9.17) is 10.5 Å². The third-order valence-corrected chi connectivity index (χ3v) is 3.48. The molecule has 0 saturated carbocycles. The third-order valence-electron chi connectivity index (χ3n) is 3.48. The van der Waals surface area contributed by atoms with Crippen molar-refractivity contribution >= 4 is 5.69 Å². The molecule has 0 radical (unpaired) electrons. The summed E-state index contributed by atoms with van der Waals surface area (Å²) in [6.07, 6.45) is 5.36. The molecule has 0 spiro atoms. The van der Waals surface area contributed by atoms with Crippen molar-refractivity contribution < 1.29 is 4.74 Å². The van der Waals surface area contributed by atoms with E-state index in [0.29, 0.717) is 6.61 Å². The maximum Gasteiger partial charge on any atom is 0.123 e. The molecular formula is C15H24N2O. The fourth-order valence-corrected chi connectivity index (χ4v) is 2.55. The average molecular weight is 248 g/mol. The molecule has 0 aromatic heterocycles. The van der Waals surface area contributed by atoms with Crippen LogP contribution >= 0.6 is 0 Å². The van der Waals surface area contributed by atoms with Gasteiger partial charge in [0.25, 0.3) is 0 Å². The highest BCUT2D eigenvalue weighted by atomic mass is 16.5. The lowest BCUT2D eigenvalue weighted by Gasteiger charge is -2.21. The molecule has 1 saturated heterocycles. The van der Waals surface area contributed by atoms with E-state index in [1.165, 1.54) is 44.3 Å². The second-order valence-electron chi connectivity index (χ2n) is 4.99. The van der Waals surface area contributed by atoms with Crippen LogP contribution in [0.2, 0.25) is 0 Å². The summed E-state index contributed by atoms with van der Waals surface area (Å²) in [7, 11) is 0. The molecular weight excluding hydrogens is 224 g/mol. The smallest absolute Gasteiger partial charge is 0.123 e. The van der Waals surface area contributed by atoms with E-state index < -0.39 is 0 Å². The van der Waals surface area contributed by atoms with Crippen LogP contribution in [0.15, 0.2) is 18.2 Å². The van der Waals surface area contributed by atoms with Gasteiger partial charge in [0.1, 0.15) is 5.75 Å². The van der Waals surface area contributed by atoms with Crippen LogP contribution in [0.5, 0.6) is 5.75 Å². The minimum absolute atomic E-state index is 0.705. The highest BCUT2D eigenvalue weighted by Crippen LogP contribution is 2.24. The van der Waals surface area contributed by atoms with Crippen LogP contribution in [0.1, 0.15) is 38.2 Å². The summed E-state index contributed by atoms with van der Waals surface area (Å²) < 4.78 is 5.68. The number of nitrogens with zero attached hydrogens (tertiary/aromatic N) is 1. The molecule has 3 nitrogen and oxygen atoms in total. The Morgan fingerprint density at radius 3 is 2.56 bits per heavy atom. The zero-order valence-electron chi connectivity index (χ0n) is 11.3. The lowest BCUT2D eigenvalue weighted by atomic mass is 10.1. The predicted molar refractivity (Wildman–Crippen MR) is 75.8 cm³/mol. The standard InChI is InChI=1S/C15H24N2O/c1-2-18-15-8-7-14(16)11-13(15)12-17-9-5-3-4-6-10-17/h7-8,11H,2-6,9-10,12,16H2,1H3. The zero-order valence-corrected chi connectivity index (χ0v) is 11.3. The summed E-state index contributed by atoms with van der Waals surface area (Å²) in [5.41, 5.74) is 7.93. The van der Waals surface area contributed by atoms with Gasteiger partial charge >= 0.3 is 0 Å². The van der Waals surface area contributed by atoms with Gasteiger partial charge in [0.15, 0.2) is 0 Å². The Balaban J connectivity index is 2.08. The average Bonchev–Trinajstić information content (AvgIpc) is 2.61. The van der Waals surface area contributed by atoms with Gasteiger partial charge in [-0.25, -0.2) is 0 Å². The molecule has 1 aliphatic rings. The third kappa shape index (κ3) is 3.64. The second-order valence-corrected chi connectivity index (χ2v) is 4.99. The number of nitrogens with two attached hydrogens (primary N) is 1. The Morgan fingerprint density at radius 2 is 1.89 bits per heavy atom. The minimum Gasteiger partial charge on any atom is -0.494 e. The van der Waals surface area contributed by atoms with Gasteiger partial charge in [0.05, 0.1) is 6.61 Å². The van der Waals surface area contributed by atoms with E-state index in [0.717, 1.165) is 18.0 Å². The number of hydrogen-bond donors (Lipinski definition) is 1. The first-order valence-corrected chi connectivity index (χ1v) is 7.03. The summed E-state index contributed by atoms with van der Waals surface area (Å²) in [5, 5.41) is 0. The van der Waals surface area contributed by atoms with Crippen molar-refractivity contribution in [1.82, 2.24) is 4.90 Å². The van der Waals surface area contributed by atoms with E-state index >= 15 is 0 Å². The molecule has 0 unspecified atom stereocenters. The topological polar surface area (TPSA) is 38.5 Å². The molecule has 1 aromatic rings. The van der Waals surface area contributed by atoms with Gasteiger partial charge in [-0.15, -0.1) is 0 Å². The molecule has 18 heavy (non-hydrogen) atoms. The fraction of sp³-hybridized carbons (Fsp3) is 0.600. The molecule has 1 fully saturated rings. The quantitative estimate of drug-likeness (QED) is 0.832. The van der Waals surface area contributed by atoms with Crippen LogP contribution in [0, 0.1) is 0 Å². The van der Waals surface area contributed by atoms with Gasteiger partial charge in [-0.2, -0.15) is 0 Å². The van der Waals surface area contributed by atoms with Crippen molar-refractivity contribution in [2.24, 2.45) is 0 Å². The number of rotatable bonds is 4. The van der Waals surface area contributed by atoms with Gasteiger partial charge in [0, 0.05) is 17.8 Å². The summed E-state index contributed by atoms with van der Waals surface area (Å²) in [4.78, 5) is 2.52. The van der Waals surface area contributed by atoms with E-state index in [-0.39, 0.29) is 0 Å². The first-order valence-electron chi connectivity index (χ1n) is 7.03. The number of likely N-dealkylation sites (tertiary alicyclic amines) is 1.